The summed E-state index contributed by atoms with van der Waals surface area (Å²) in [6.07, 6.45) is 8.54. The minimum Gasteiger partial charge on any atom is -0.413 e. The van der Waals surface area contributed by atoms with Crippen molar-refractivity contribution in [1.82, 2.24) is 0 Å². The van der Waals surface area contributed by atoms with E-state index in [0.29, 0.717) is 0 Å². The molecule has 0 spiro atoms. The molecule has 0 bridgehead atoms. The first-order valence-electron chi connectivity index (χ1n) is 7.20. The number of benzene rings is 1. The molecule has 2 rings (SSSR count). The molecular weight excluding hydrogens is 236 g/mol. The van der Waals surface area contributed by atoms with Crippen LogP contribution in [-0.2, 0) is 4.43 Å². The molecule has 0 amide bonds. The van der Waals surface area contributed by atoms with Crippen molar-refractivity contribution in [3.05, 3.63) is 42.0 Å². The Bertz CT molecular complexity index is 366. The second-order valence-electron chi connectivity index (χ2n) is 5.22. The van der Waals surface area contributed by atoms with Gasteiger partial charge in [0.05, 0.1) is 6.61 Å². The fourth-order valence-electron chi connectivity index (χ4n) is 2.77. The van der Waals surface area contributed by atoms with Crippen molar-refractivity contribution < 1.29 is 4.43 Å². The SMILES string of the molecule is CC[Si]1(OC/C=C/c2ccccc2)CCCCC1. The van der Waals surface area contributed by atoms with Crippen LogP contribution in [0.5, 0.6) is 0 Å². The minimum absolute atomic E-state index is 0.801. The number of hydrogen-bond donors (Lipinski definition) is 0. The van der Waals surface area contributed by atoms with Crippen molar-refractivity contribution >= 4 is 14.4 Å². The zero-order valence-electron chi connectivity index (χ0n) is 11.4. The average molecular weight is 260 g/mol. The van der Waals surface area contributed by atoms with Crippen LogP contribution >= 0.6 is 0 Å². The Morgan fingerprint density at radius 1 is 1.11 bits per heavy atom. The summed E-state index contributed by atoms with van der Waals surface area (Å²) in [6.45, 7) is 3.12. The predicted molar refractivity (Wildman–Crippen MR) is 81.1 cm³/mol. The molecule has 1 aliphatic heterocycles. The van der Waals surface area contributed by atoms with Gasteiger partial charge >= 0.3 is 0 Å². The summed E-state index contributed by atoms with van der Waals surface area (Å²) in [7, 11) is -1.35. The lowest BCUT2D eigenvalue weighted by molar-refractivity contribution is 0.332. The summed E-state index contributed by atoms with van der Waals surface area (Å²) in [5.41, 5.74) is 1.26. The van der Waals surface area contributed by atoms with Gasteiger partial charge in [0.15, 0.2) is 8.32 Å². The van der Waals surface area contributed by atoms with Crippen LogP contribution in [0.15, 0.2) is 36.4 Å². The maximum atomic E-state index is 6.29. The number of hydrogen-bond acceptors (Lipinski definition) is 1. The van der Waals surface area contributed by atoms with Crippen LogP contribution < -0.4 is 0 Å². The van der Waals surface area contributed by atoms with Gasteiger partial charge in [-0.25, -0.2) is 0 Å². The van der Waals surface area contributed by atoms with Gasteiger partial charge in [-0.3, -0.25) is 0 Å². The highest BCUT2D eigenvalue weighted by atomic mass is 28.4. The van der Waals surface area contributed by atoms with E-state index >= 15 is 0 Å². The first-order chi connectivity index (χ1) is 8.85. The van der Waals surface area contributed by atoms with E-state index in [2.05, 4.69) is 49.4 Å². The van der Waals surface area contributed by atoms with E-state index in [1.54, 1.807) is 0 Å². The lowest BCUT2D eigenvalue weighted by Crippen LogP contribution is -2.39. The third-order valence-corrected chi connectivity index (χ3v) is 8.60. The fourth-order valence-corrected chi connectivity index (χ4v) is 6.46. The highest BCUT2D eigenvalue weighted by Gasteiger charge is 2.33. The molecule has 1 heterocycles. The largest absolute Gasteiger partial charge is 0.413 e. The molecule has 0 unspecified atom stereocenters. The Balaban J connectivity index is 1.82. The van der Waals surface area contributed by atoms with Gasteiger partial charge in [-0.05, 0) is 23.7 Å². The van der Waals surface area contributed by atoms with Gasteiger partial charge in [0.1, 0.15) is 0 Å². The van der Waals surface area contributed by atoms with E-state index in [9.17, 15) is 0 Å². The lowest BCUT2D eigenvalue weighted by Gasteiger charge is -2.33. The first kappa shape index (κ1) is 13.6. The van der Waals surface area contributed by atoms with Gasteiger partial charge in [0, 0.05) is 0 Å². The van der Waals surface area contributed by atoms with Crippen molar-refractivity contribution in [3.63, 3.8) is 0 Å². The summed E-state index contributed by atoms with van der Waals surface area (Å²) < 4.78 is 6.29. The Morgan fingerprint density at radius 2 is 1.83 bits per heavy atom. The van der Waals surface area contributed by atoms with Gasteiger partial charge < -0.3 is 4.43 Å². The Kier molecular flexibility index (Phi) is 5.21. The molecule has 18 heavy (non-hydrogen) atoms. The van der Waals surface area contributed by atoms with E-state index in [1.165, 1.54) is 43.0 Å². The Hall–Kier alpha value is -0.863. The highest BCUT2D eigenvalue weighted by molar-refractivity contribution is 6.73. The van der Waals surface area contributed by atoms with Crippen molar-refractivity contribution in [2.24, 2.45) is 0 Å². The third-order valence-electron chi connectivity index (χ3n) is 4.00. The van der Waals surface area contributed by atoms with Crippen LogP contribution in [0.25, 0.3) is 6.08 Å². The van der Waals surface area contributed by atoms with Crippen molar-refractivity contribution in [1.29, 1.82) is 0 Å². The van der Waals surface area contributed by atoms with Gasteiger partial charge in [0.25, 0.3) is 0 Å². The normalized spacial score (nSPS) is 19.2. The third kappa shape index (κ3) is 3.82. The molecule has 0 saturated carbocycles. The molecule has 0 atom stereocenters. The van der Waals surface area contributed by atoms with Crippen molar-refractivity contribution in [3.8, 4) is 0 Å². The quantitative estimate of drug-likeness (QED) is 0.687. The standard InChI is InChI=1S/C16H24OSi/c1-2-18(14-7-4-8-15-18)17-13-9-12-16-10-5-3-6-11-16/h3,5-6,9-12H,2,4,7-8,13-15H2,1H3/b12-9+. The fraction of sp³-hybridized carbons (Fsp3) is 0.500. The molecule has 1 fully saturated rings. The molecule has 1 aliphatic rings. The predicted octanol–water partition coefficient (Wildman–Crippen LogP) is 4.87. The molecule has 0 aliphatic carbocycles. The van der Waals surface area contributed by atoms with E-state index < -0.39 is 8.32 Å². The van der Waals surface area contributed by atoms with Crippen LogP contribution in [0.2, 0.25) is 18.1 Å². The summed E-state index contributed by atoms with van der Waals surface area (Å²) in [4.78, 5) is 0. The van der Waals surface area contributed by atoms with Crippen LogP contribution in [-0.4, -0.2) is 14.9 Å². The zero-order chi connectivity index (χ0) is 12.7. The van der Waals surface area contributed by atoms with Gasteiger partial charge in [-0.2, -0.15) is 0 Å². The second-order valence-corrected chi connectivity index (χ2v) is 9.58. The van der Waals surface area contributed by atoms with Crippen LogP contribution in [0.4, 0.5) is 0 Å². The maximum Gasteiger partial charge on any atom is 0.193 e. The molecule has 1 saturated heterocycles. The Morgan fingerprint density at radius 3 is 2.50 bits per heavy atom. The van der Waals surface area contributed by atoms with Crippen LogP contribution in [0.3, 0.4) is 0 Å². The van der Waals surface area contributed by atoms with Gasteiger partial charge in [0.2, 0.25) is 0 Å². The molecule has 0 aromatic heterocycles. The smallest absolute Gasteiger partial charge is 0.193 e. The van der Waals surface area contributed by atoms with Crippen LogP contribution in [0, 0.1) is 0 Å². The molecular formula is C16H24OSi. The summed E-state index contributed by atoms with van der Waals surface area (Å²) in [5.74, 6) is 0. The van der Waals surface area contributed by atoms with E-state index in [4.69, 9.17) is 4.43 Å². The van der Waals surface area contributed by atoms with Gasteiger partial charge in [-0.1, -0.05) is 68.7 Å². The van der Waals surface area contributed by atoms with E-state index in [-0.39, 0.29) is 0 Å². The first-order valence-corrected chi connectivity index (χ1v) is 9.73. The molecule has 1 nitrogen and oxygen atoms in total. The van der Waals surface area contributed by atoms with Crippen molar-refractivity contribution in [2.75, 3.05) is 6.61 Å². The molecule has 0 N–H and O–H groups in total. The highest BCUT2D eigenvalue weighted by Crippen LogP contribution is 2.32. The minimum atomic E-state index is -1.35. The molecule has 1 aromatic carbocycles. The summed E-state index contributed by atoms with van der Waals surface area (Å²) >= 11 is 0. The van der Waals surface area contributed by atoms with Crippen LogP contribution in [0.1, 0.15) is 31.7 Å². The summed E-state index contributed by atoms with van der Waals surface area (Å²) in [6, 6.07) is 14.5. The van der Waals surface area contributed by atoms with E-state index in [1.807, 2.05) is 0 Å². The second kappa shape index (κ2) is 6.91. The zero-order valence-corrected chi connectivity index (χ0v) is 12.4. The molecule has 98 valence electrons. The lowest BCUT2D eigenvalue weighted by atomic mass is 10.2. The Labute approximate surface area is 112 Å². The maximum absolute atomic E-state index is 6.29. The number of rotatable bonds is 5. The summed E-state index contributed by atoms with van der Waals surface area (Å²) in [5, 5.41) is 0. The van der Waals surface area contributed by atoms with Gasteiger partial charge in [-0.15, -0.1) is 0 Å². The van der Waals surface area contributed by atoms with Crippen molar-refractivity contribution in [2.45, 2.75) is 44.3 Å². The molecule has 1 aromatic rings. The topological polar surface area (TPSA) is 9.23 Å². The molecule has 2 heteroatoms. The van der Waals surface area contributed by atoms with E-state index in [0.717, 1.165) is 6.61 Å². The molecule has 0 radical (unpaired) electrons. The average Bonchev–Trinajstić information content (AvgIpc) is 2.46. The monoisotopic (exact) mass is 260 g/mol.